The molecule has 4 nitrogen and oxygen atoms in total. The Morgan fingerprint density at radius 3 is 2.57 bits per heavy atom. The average Bonchev–Trinajstić information content (AvgIpc) is 2.83. The number of carbonyl (C=O) groups is 1. The van der Waals surface area contributed by atoms with Crippen LogP contribution in [0.3, 0.4) is 0 Å². The summed E-state index contributed by atoms with van der Waals surface area (Å²) in [6.07, 6.45) is 1.60. The molecule has 0 unspecified atom stereocenters. The van der Waals surface area contributed by atoms with Gasteiger partial charge in [-0.05, 0) is 30.7 Å². The minimum atomic E-state index is -0.361. The van der Waals surface area contributed by atoms with E-state index >= 15 is 0 Å². The molecule has 1 aromatic heterocycles. The standard InChI is InChI=1S/C17H17N3O/c1-13-8-9-16(20(13)2)10-15(11-18)17(21)19-12-14-6-4-3-5-7-14/h3-10H,12H2,1-2H3,(H,19,21)/b15-10-. The molecular weight excluding hydrogens is 262 g/mol. The molecule has 0 radical (unpaired) electrons. The highest BCUT2D eigenvalue weighted by molar-refractivity contribution is 6.01. The van der Waals surface area contributed by atoms with Gasteiger partial charge >= 0.3 is 0 Å². The zero-order valence-corrected chi connectivity index (χ0v) is 12.1. The smallest absolute Gasteiger partial charge is 0.262 e. The first kappa shape index (κ1) is 14.6. The molecule has 0 atom stereocenters. The molecule has 106 valence electrons. The van der Waals surface area contributed by atoms with Gasteiger partial charge in [-0.2, -0.15) is 5.26 Å². The van der Waals surface area contributed by atoms with Crippen molar-refractivity contribution < 1.29 is 4.79 Å². The molecule has 0 aliphatic carbocycles. The van der Waals surface area contributed by atoms with Crippen LogP contribution in [-0.4, -0.2) is 10.5 Å². The van der Waals surface area contributed by atoms with Gasteiger partial charge in [-0.15, -0.1) is 0 Å². The van der Waals surface area contributed by atoms with E-state index in [1.54, 1.807) is 6.08 Å². The number of nitriles is 1. The molecule has 21 heavy (non-hydrogen) atoms. The maximum Gasteiger partial charge on any atom is 0.262 e. The van der Waals surface area contributed by atoms with Crippen LogP contribution in [0, 0.1) is 18.3 Å². The lowest BCUT2D eigenvalue weighted by molar-refractivity contribution is -0.117. The third-order valence-corrected chi connectivity index (χ3v) is 3.36. The molecule has 1 aromatic carbocycles. The summed E-state index contributed by atoms with van der Waals surface area (Å²) in [4.78, 5) is 12.1. The van der Waals surface area contributed by atoms with E-state index in [2.05, 4.69) is 5.32 Å². The number of hydrogen-bond acceptors (Lipinski definition) is 2. The van der Waals surface area contributed by atoms with Crippen LogP contribution in [0.25, 0.3) is 6.08 Å². The van der Waals surface area contributed by atoms with Crippen LogP contribution in [0.1, 0.15) is 17.0 Å². The fraction of sp³-hybridized carbons (Fsp3) is 0.176. The number of nitrogens with one attached hydrogen (secondary N) is 1. The van der Waals surface area contributed by atoms with E-state index < -0.39 is 0 Å². The van der Waals surface area contributed by atoms with Crippen molar-refractivity contribution in [1.29, 1.82) is 5.26 Å². The third kappa shape index (κ3) is 3.61. The minimum absolute atomic E-state index is 0.104. The van der Waals surface area contributed by atoms with Gasteiger partial charge in [0.05, 0.1) is 0 Å². The topological polar surface area (TPSA) is 57.8 Å². The van der Waals surface area contributed by atoms with Crippen molar-refractivity contribution in [2.45, 2.75) is 13.5 Å². The number of aryl methyl sites for hydroxylation is 1. The highest BCUT2D eigenvalue weighted by Gasteiger charge is 2.10. The summed E-state index contributed by atoms with van der Waals surface area (Å²) in [5.41, 5.74) is 3.01. The lowest BCUT2D eigenvalue weighted by atomic mass is 10.2. The van der Waals surface area contributed by atoms with Crippen molar-refractivity contribution >= 4 is 12.0 Å². The predicted molar refractivity (Wildman–Crippen MR) is 82.0 cm³/mol. The van der Waals surface area contributed by atoms with Gasteiger partial charge in [0.2, 0.25) is 0 Å². The maximum atomic E-state index is 12.1. The highest BCUT2D eigenvalue weighted by atomic mass is 16.1. The monoisotopic (exact) mass is 279 g/mol. The Balaban J connectivity index is 2.09. The van der Waals surface area contributed by atoms with Crippen molar-refractivity contribution in [3.05, 3.63) is 65.0 Å². The van der Waals surface area contributed by atoms with Gasteiger partial charge in [0.25, 0.3) is 5.91 Å². The van der Waals surface area contributed by atoms with Crippen LogP contribution < -0.4 is 5.32 Å². The van der Waals surface area contributed by atoms with Crippen molar-refractivity contribution in [3.8, 4) is 6.07 Å². The Morgan fingerprint density at radius 2 is 2.00 bits per heavy atom. The number of carbonyl (C=O) groups excluding carboxylic acids is 1. The Kier molecular flexibility index (Phi) is 4.57. The van der Waals surface area contributed by atoms with Gasteiger partial charge in [-0.1, -0.05) is 30.3 Å². The van der Waals surface area contributed by atoms with Gasteiger partial charge in [0.1, 0.15) is 11.6 Å². The zero-order chi connectivity index (χ0) is 15.2. The number of amides is 1. The van der Waals surface area contributed by atoms with Gasteiger partial charge in [0, 0.05) is 25.0 Å². The first-order chi connectivity index (χ1) is 10.1. The van der Waals surface area contributed by atoms with Gasteiger partial charge in [0.15, 0.2) is 0 Å². The van der Waals surface area contributed by atoms with Crippen molar-refractivity contribution in [1.82, 2.24) is 9.88 Å². The van der Waals surface area contributed by atoms with Crippen LogP contribution in [0.15, 0.2) is 48.0 Å². The van der Waals surface area contributed by atoms with E-state index in [9.17, 15) is 4.79 Å². The van der Waals surface area contributed by atoms with Crippen LogP contribution in [-0.2, 0) is 18.4 Å². The van der Waals surface area contributed by atoms with Crippen LogP contribution in [0.4, 0.5) is 0 Å². The summed E-state index contributed by atoms with van der Waals surface area (Å²) in [6, 6.07) is 15.4. The fourth-order valence-corrected chi connectivity index (χ4v) is 1.95. The summed E-state index contributed by atoms with van der Waals surface area (Å²) in [5, 5.41) is 11.9. The molecule has 0 aliphatic rings. The lowest BCUT2D eigenvalue weighted by Crippen LogP contribution is -2.24. The number of aromatic nitrogens is 1. The van der Waals surface area contributed by atoms with Gasteiger partial charge in [-0.3, -0.25) is 4.79 Å². The Labute approximate surface area is 124 Å². The minimum Gasteiger partial charge on any atom is -0.348 e. The van der Waals surface area contributed by atoms with Crippen LogP contribution >= 0.6 is 0 Å². The third-order valence-electron chi connectivity index (χ3n) is 3.36. The number of hydrogen-bond donors (Lipinski definition) is 1. The molecule has 1 heterocycles. The molecule has 0 fully saturated rings. The first-order valence-corrected chi connectivity index (χ1v) is 6.68. The van der Waals surface area contributed by atoms with E-state index in [-0.39, 0.29) is 11.5 Å². The molecule has 2 aromatic rings. The van der Waals surface area contributed by atoms with Crippen LogP contribution in [0.2, 0.25) is 0 Å². The lowest BCUT2D eigenvalue weighted by Gasteiger charge is -2.05. The highest BCUT2D eigenvalue weighted by Crippen LogP contribution is 2.10. The summed E-state index contributed by atoms with van der Waals surface area (Å²) < 4.78 is 1.93. The maximum absolute atomic E-state index is 12.1. The Hall–Kier alpha value is -2.80. The summed E-state index contributed by atoms with van der Waals surface area (Å²) >= 11 is 0. The van der Waals surface area contributed by atoms with Crippen molar-refractivity contribution in [2.24, 2.45) is 7.05 Å². The second-order valence-electron chi connectivity index (χ2n) is 4.80. The Morgan fingerprint density at radius 1 is 1.29 bits per heavy atom. The van der Waals surface area contributed by atoms with Crippen LogP contribution in [0.5, 0.6) is 0 Å². The zero-order valence-electron chi connectivity index (χ0n) is 12.1. The molecule has 2 rings (SSSR count). The molecule has 0 saturated carbocycles. The van der Waals surface area contributed by atoms with E-state index in [0.29, 0.717) is 6.54 Å². The molecule has 0 aliphatic heterocycles. The molecule has 0 spiro atoms. The van der Waals surface area contributed by atoms with E-state index in [1.165, 1.54) is 0 Å². The molecule has 0 bridgehead atoms. The van der Waals surface area contributed by atoms with E-state index in [0.717, 1.165) is 17.0 Å². The molecule has 1 N–H and O–H groups in total. The molecule has 0 saturated heterocycles. The number of nitrogens with zero attached hydrogens (tertiary/aromatic N) is 2. The van der Waals surface area contributed by atoms with E-state index in [1.807, 2.05) is 67.1 Å². The normalized spacial score (nSPS) is 11.0. The first-order valence-electron chi connectivity index (χ1n) is 6.68. The average molecular weight is 279 g/mol. The van der Waals surface area contributed by atoms with Crippen molar-refractivity contribution in [2.75, 3.05) is 0 Å². The summed E-state index contributed by atoms with van der Waals surface area (Å²) in [7, 11) is 1.90. The SMILES string of the molecule is Cc1ccc(/C=C(/C#N)C(=O)NCc2ccccc2)n1C. The van der Waals surface area contributed by atoms with E-state index in [4.69, 9.17) is 5.26 Å². The molecule has 4 heteroatoms. The Bertz CT molecular complexity index is 705. The largest absolute Gasteiger partial charge is 0.348 e. The predicted octanol–water partition coefficient (Wildman–Crippen LogP) is 2.56. The quantitative estimate of drug-likeness (QED) is 0.690. The fourth-order valence-electron chi connectivity index (χ4n) is 1.95. The number of benzene rings is 1. The van der Waals surface area contributed by atoms with Gasteiger partial charge in [-0.25, -0.2) is 0 Å². The molecular formula is C17H17N3O. The second kappa shape index (κ2) is 6.58. The second-order valence-corrected chi connectivity index (χ2v) is 4.80. The number of rotatable bonds is 4. The molecule has 1 amide bonds. The summed E-state index contributed by atoms with van der Waals surface area (Å²) in [5.74, 6) is -0.361. The summed E-state index contributed by atoms with van der Waals surface area (Å²) in [6.45, 7) is 2.38. The van der Waals surface area contributed by atoms with Gasteiger partial charge < -0.3 is 9.88 Å². The van der Waals surface area contributed by atoms with Crippen molar-refractivity contribution in [3.63, 3.8) is 0 Å².